The van der Waals surface area contributed by atoms with E-state index in [1.165, 1.54) is 12.3 Å². The Bertz CT molecular complexity index is 477. The van der Waals surface area contributed by atoms with E-state index in [-0.39, 0.29) is 24.1 Å². The lowest BCUT2D eigenvalue weighted by molar-refractivity contribution is -0.384. The minimum atomic E-state index is -0.504. The first-order chi connectivity index (χ1) is 8.56. The average Bonchev–Trinajstić information content (AvgIpc) is 2.71. The van der Waals surface area contributed by atoms with Gasteiger partial charge in [0.2, 0.25) is 0 Å². The number of hydrogen-bond donors (Lipinski definition) is 1. The summed E-state index contributed by atoms with van der Waals surface area (Å²) in [5.74, 6) is -0.0800. The molecule has 0 aliphatic carbocycles. The van der Waals surface area contributed by atoms with Crippen LogP contribution in [0.2, 0.25) is 0 Å². The van der Waals surface area contributed by atoms with Crippen molar-refractivity contribution in [1.29, 1.82) is 0 Å². The molecular weight excluding hydrogens is 238 g/mol. The first kappa shape index (κ1) is 12.6. The molecule has 1 aliphatic heterocycles. The summed E-state index contributed by atoms with van der Waals surface area (Å²) in [6.45, 7) is 3.42. The summed E-state index contributed by atoms with van der Waals surface area (Å²) < 4.78 is 1.58. The maximum absolute atomic E-state index is 12.1. The normalized spacial score (nSPS) is 15.6. The molecule has 0 radical (unpaired) electrons. The van der Waals surface area contributed by atoms with E-state index in [0.29, 0.717) is 25.3 Å². The molecule has 1 aliphatic rings. The second-order valence-corrected chi connectivity index (χ2v) is 4.39. The van der Waals surface area contributed by atoms with Crippen LogP contribution in [0.3, 0.4) is 0 Å². The van der Waals surface area contributed by atoms with Crippen LogP contribution in [0, 0.1) is 16.0 Å². The quantitative estimate of drug-likeness (QED) is 0.624. The van der Waals surface area contributed by atoms with Gasteiger partial charge in [0.25, 0.3) is 11.6 Å². The second-order valence-electron chi connectivity index (χ2n) is 4.39. The van der Waals surface area contributed by atoms with E-state index < -0.39 is 4.92 Å². The topological polar surface area (TPSA) is 88.6 Å². The number of hydrogen-bond acceptors (Lipinski definition) is 4. The van der Waals surface area contributed by atoms with E-state index >= 15 is 0 Å². The van der Waals surface area contributed by atoms with E-state index in [1.54, 1.807) is 9.47 Å². The molecule has 2 rings (SSSR count). The number of carbonyl (C=O) groups is 1. The molecule has 1 saturated heterocycles. The van der Waals surface area contributed by atoms with Gasteiger partial charge in [-0.25, -0.2) is 0 Å². The van der Waals surface area contributed by atoms with Crippen molar-refractivity contribution in [2.75, 3.05) is 19.7 Å². The predicted molar refractivity (Wildman–Crippen MR) is 63.2 cm³/mol. The molecule has 7 nitrogen and oxygen atoms in total. The van der Waals surface area contributed by atoms with E-state index in [0.717, 1.165) is 0 Å². The molecule has 0 bridgehead atoms. The second kappa shape index (κ2) is 4.77. The van der Waals surface area contributed by atoms with Crippen LogP contribution in [0.15, 0.2) is 12.3 Å². The van der Waals surface area contributed by atoms with E-state index in [2.05, 4.69) is 0 Å². The number of likely N-dealkylation sites (tertiary alicyclic amines) is 1. The molecule has 1 fully saturated rings. The third-order valence-corrected chi connectivity index (χ3v) is 3.16. The molecule has 0 spiro atoms. The molecule has 98 valence electrons. The van der Waals surface area contributed by atoms with Crippen molar-refractivity contribution in [1.82, 2.24) is 9.47 Å². The summed E-state index contributed by atoms with van der Waals surface area (Å²) in [5.41, 5.74) is 0.264. The third kappa shape index (κ3) is 2.08. The Kier molecular flexibility index (Phi) is 3.33. The molecule has 1 aromatic rings. The van der Waals surface area contributed by atoms with Crippen molar-refractivity contribution in [2.24, 2.45) is 5.92 Å². The van der Waals surface area contributed by atoms with Crippen LogP contribution in [0.25, 0.3) is 0 Å². The molecule has 1 amide bonds. The Hall–Kier alpha value is -1.89. The number of amides is 1. The van der Waals surface area contributed by atoms with E-state index in [1.807, 2.05) is 6.92 Å². The zero-order valence-electron chi connectivity index (χ0n) is 10.1. The van der Waals surface area contributed by atoms with Crippen LogP contribution in [0.5, 0.6) is 0 Å². The largest absolute Gasteiger partial charge is 0.396 e. The van der Waals surface area contributed by atoms with Gasteiger partial charge in [0, 0.05) is 38.2 Å². The summed E-state index contributed by atoms with van der Waals surface area (Å²) >= 11 is 0. The highest BCUT2D eigenvalue weighted by molar-refractivity contribution is 5.94. The molecule has 0 saturated carbocycles. The summed E-state index contributed by atoms with van der Waals surface area (Å²) in [7, 11) is 0. The highest BCUT2D eigenvalue weighted by Gasteiger charge is 2.32. The summed E-state index contributed by atoms with van der Waals surface area (Å²) in [4.78, 5) is 23.9. The lowest BCUT2D eigenvalue weighted by Crippen LogP contribution is -2.51. The monoisotopic (exact) mass is 253 g/mol. The molecule has 0 atom stereocenters. The molecular formula is C11H15N3O4. The zero-order chi connectivity index (χ0) is 13.3. The molecule has 18 heavy (non-hydrogen) atoms. The first-order valence-electron chi connectivity index (χ1n) is 5.81. The molecule has 1 N–H and O–H groups in total. The number of aryl methyl sites for hydroxylation is 1. The highest BCUT2D eigenvalue weighted by atomic mass is 16.6. The standard InChI is InChI=1S/C11H15N3O4/c1-2-12-6-9(14(17)18)3-10(12)11(16)13-4-8(5-13)7-15/h3,6,8,15H,2,4-5,7H2,1H3. The minimum absolute atomic E-state index is 0.0682. The molecule has 7 heteroatoms. The summed E-state index contributed by atoms with van der Waals surface area (Å²) in [5, 5.41) is 19.6. The van der Waals surface area contributed by atoms with Crippen molar-refractivity contribution in [2.45, 2.75) is 13.5 Å². The Labute approximate surface area is 104 Å². The van der Waals surface area contributed by atoms with Gasteiger partial charge in [0.15, 0.2) is 0 Å². The Morgan fingerprint density at radius 3 is 2.78 bits per heavy atom. The highest BCUT2D eigenvalue weighted by Crippen LogP contribution is 2.22. The summed E-state index contributed by atoms with van der Waals surface area (Å²) in [6.07, 6.45) is 1.37. The maximum atomic E-state index is 12.1. The fourth-order valence-electron chi connectivity index (χ4n) is 2.05. The smallest absolute Gasteiger partial charge is 0.287 e. The Morgan fingerprint density at radius 2 is 2.28 bits per heavy atom. The van der Waals surface area contributed by atoms with E-state index in [9.17, 15) is 14.9 Å². The number of aliphatic hydroxyl groups is 1. The van der Waals surface area contributed by atoms with Crippen molar-refractivity contribution >= 4 is 11.6 Å². The number of carbonyl (C=O) groups excluding carboxylic acids is 1. The summed E-state index contributed by atoms with van der Waals surface area (Å²) in [6, 6.07) is 1.30. The lowest BCUT2D eigenvalue weighted by atomic mass is 10.0. The number of nitro groups is 1. The molecule has 2 heterocycles. The lowest BCUT2D eigenvalue weighted by Gasteiger charge is -2.38. The number of aromatic nitrogens is 1. The van der Waals surface area contributed by atoms with Crippen LogP contribution >= 0.6 is 0 Å². The van der Waals surface area contributed by atoms with Gasteiger partial charge in [0.05, 0.1) is 11.1 Å². The minimum Gasteiger partial charge on any atom is -0.396 e. The predicted octanol–water partition coefficient (Wildman–Crippen LogP) is 0.480. The molecule has 0 aromatic carbocycles. The number of aliphatic hydroxyl groups excluding tert-OH is 1. The van der Waals surface area contributed by atoms with Crippen LogP contribution in [-0.4, -0.2) is 45.1 Å². The van der Waals surface area contributed by atoms with Crippen molar-refractivity contribution in [3.63, 3.8) is 0 Å². The van der Waals surface area contributed by atoms with Crippen LogP contribution in [0.4, 0.5) is 5.69 Å². The third-order valence-electron chi connectivity index (χ3n) is 3.16. The fourth-order valence-corrected chi connectivity index (χ4v) is 2.05. The van der Waals surface area contributed by atoms with Crippen molar-refractivity contribution in [3.05, 3.63) is 28.1 Å². The van der Waals surface area contributed by atoms with Gasteiger partial charge >= 0.3 is 0 Å². The molecule has 0 unspecified atom stereocenters. The number of rotatable bonds is 4. The Morgan fingerprint density at radius 1 is 1.61 bits per heavy atom. The first-order valence-corrected chi connectivity index (χ1v) is 5.81. The van der Waals surface area contributed by atoms with Crippen molar-refractivity contribution in [3.8, 4) is 0 Å². The van der Waals surface area contributed by atoms with Gasteiger partial charge in [-0.3, -0.25) is 14.9 Å². The van der Waals surface area contributed by atoms with Crippen LogP contribution in [0.1, 0.15) is 17.4 Å². The van der Waals surface area contributed by atoms with Crippen LogP contribution in [-0.2, 0) is 6.54 Å². The van der Waals surface area contributed by atoms with E-state index in [4.69, 9.17) is 5.11 Å². The van der Waals surface area contributed by atoms with Gasteiger partial charge in [-0.1, -0.05) is 0 Å². The van der Waals surface area contributed by atoms with Gasteiger partial charge in [-0.15, -0.1) is 0 Å². The van der Waals surface area contributed by atoms with Crippen molar-refractivity contribution < 1.29 is 14.8 Å². The fraction of sp³-hybridized carbons (Fsp3) is 0.545. The number of nitrogens with zero attached hydrogens (tertiary/aromatic N) is 3. The van der Waals surface area contributed by atoms with Gasteiger partial charge < -0.3 is 14.6 Å². The SMILES string of the molecule is CCn1cc([N+](=O)[O-])cc1C(=O)N1CC(CO)C1. The van der Waals surface area contributed by atoms with Gasteiger partial charge in [0.1, 0.15) is 5.69 Å². The molecule has 1 aromatic heterocycles. The van der Waals surface area contributed by atoms with Gasteiger partial charge in [-0.2, -0.15) is 0 Å². The van der Waals surface area contributed by atoms with Crippen LogP contribution < -0.4 is 0 Å². The zero-order valence-corrected chi connectivity index (χ0v) is 10.1. The van der Waals surface area contributed by atoms with Gasteiger partial charge in [-0.05, 0) is 6.92 Å². The maximum Gasteiger partial charge on any atom is 0.287 e. The Balaban J connectivity index is 2.17. The average molecular weight is 253 g/mol.